The first-order chi connectivity index (χ1) is 6.52. The molecule has 2 fully saturated rings. The highest BCUT2D eigenvalue weighted by Crippen LogP contribution is 2.41. The highest BCUT2D eigenvalue weighted by molar-refractivity contribution is 4.96. The van der Waals surface area contributed by atoms with Gasteiger partial charge in [-0.05, 0) is 38.1 Å². The highest BCUT2D eigenvalue weighted by atomic mass is 16.5. The summed E-state index contributed by atoms with van der Waals surface area (Å²) in [5, 5.41) is 0. The third-order valence-corrected chi connectivity index (χ3v) is 3.49. The second-order valence-electron chi connectivity index (χ2n) is 6.00. The van der Waals surface area contributed by atoms with Gasteiger partial charge in [0.05, 0.1) is 5.60 Å². The molecular formula is C12H23NO. The van der Waals surface area contributed by atoms with Crippen LogP contribution in [0.15, 0.2) is 0 Å². The number of piperidine rings is 1. The Balaban J connectivity index is 2.10. The normalized spacial score (nSPS) is 38.8. The fraction of sp³-hybridized carbons (Fsp3) is 1.00. The van der Waals surface area contributed by atoms with Crippen molar-refractivity contribution in [3.63, 3.8) is 0 Å². The zero-order chi connectivity index (χ0) is 10.2. The maximum Gasteiger partial charge on any atom is 0.0814 e. The third kappa shape index (κ3) is 2.12. The predicted molar refractivity (Wildman–Crippen MR) is 58.4 cm³/mol. The Labute approximate surface area is 87.6 Å². The lowest BCUT2D eigenvalue weighted by Crippen LogP contribution is -2.55. The van der Waals surface area contributed by atoms with Gasteiger partial charge in [-0.1, -0.05) is 13.8 Å². The van der Waals surface area contributed by atoms with Crippen molar-refractivity contribution in [1.29, 1.82) is 0 Å². The summed E-state index contributed by atoms with van der Waals surface area (Å²) < 4.78 is 6.07. The van der Waals surface area contributed by atoms with E-state index in [1.807, 2.05) is 0 Å². The molecule has 0 radical (unpaired) electrons. The molecule has 0 saturated carbocycles. The van der Waals surface area contributed by atoms with Crippen LogP contribution in [0.1, 0.15) is 39.5 Å². The van der Waals surface area contributed by atoms with E-state index in [0.29, 0.717) is 5.41 Å². The average Bonchev–Trinajstić information content (AvgIpc) is 2.00. The molecule has 1 spiro atoms. The van der Waals surface area contributed by atoms with Gasteiger partial charge in [0.25, 0.3) is 0 Å². The molecule has 1 unspecified atom stereocenters. The number of hydrogen-bond acceptors (Lipinski definition) is 2. The molecule has 2 heterocycles. The van der Waals surface area contributed by atoms with E-state index in [2.05, 4.69) is 25.8 Å². The van der Waals surface area contributed by atoms with E-state index < -0.39 is 0 Å². The first kappa shape index (κ1) is 10.4. The first-order valence-electron chi connectivity index (χ1n) is 5.84. The van der Waals surface area contributed by atoms with Gasteiger partial charge in [0, 0.05) is 19.7 Å². The van der Waals surface area contributed by atoms with Crippen LogP contribution in [0.4, 0.5) is 0 Å². The van der Waals surface area contributed by atoms with Crippen LogP contribution in [0.25, 0.3) is 0 Å². The number of likely N-dealkylation sites (tertiary alicyclic amines) is 1. The van der Waals surface area contributed by atoms with Gasteiger partial charge in [-0.25, -0.2) is 0 Å². The van der Waals surface area contributed by atoms with Crippen LogP contribution < -0.4 is 0 Å². The zero-order valence-electron chi connectivity index (χ0n) is 9.81. The number of likely N-dealkylation sites (N-methyl/N-ethyl adjacent to an activating group) is 1. The maximum atomic E-state index is 6.07. The van der Waals surface area contributed by atoms with Crippen molar-refractivity contribution in [3.05, 3.63) is 0 Å². The summed E-state index contributed by atoms with van der Waals surface area (Å²) in [5.74, 6) is 0. The SMILES string of the molecule is CN1CC(C)(C)CC2(CCCCO2)C1. The summed E-state index contributed by atoms with van der Waals surface area (Å²) in [7, 11) is 2.22. The highest BCUT2D eigenvalue weighted by Gasteiger charge is 2.43. The van der Waals surface area contributed by atoms with Crippen molar-refractivity contribution in [2.75, 3.05) is 26.7 Å². The van der Waals surface area contributed by atoms with Crippen LogP contribution >= 0.6 is 0 Å². The molecule has 2 aliphatic heterocycles. The molecule has 14 heavy (non-hydrogen) atoms. The molecule has 0 N–H and O–H groups in total. The Morgan fingerprint density at radius 3 is 2.50 bits per heavy atom. The minimum atomic E-state index is 0.189. The summed E-state index contributed by atoms with van der Waals surface area (Å²) in [6.45, 7) is 8.04. The summed E-state index contributed by atoms with van der Waals surface area (Å²) in [6, 6.07) is 0. The second-order valence-corrected chi connectivity index (χ2v) is 6.00. The van der Waals surface area contributed by atoms with Gasteiger partial charge < -0.3 is 9.64 Å². The van der Waals surface area contributed by atoms with Crippen molar-refractivity contribution in [2.45, 2.75) is 45.1 Å². The lowest BCUT2D eigenvalue weighted by atomic mass is 9.73. The van der Waals surface area contributed by atoms with E-state index in [0.717, 1.165) is 13.2 Å². The molecule has 2 saturated heterocycles. The van der Waals surface area contributed by atoms with Gasteiger partial charge in [0.1, 0.15) is 0 Å². The van der Waals surface area contributed by atoms with Crippen LogP contribution in [-0.2, 0) is 4.74 Å². The molecular weight excluding hydrogens is 174 g/mol. The standard InChI is InChI=1S/C12H23NO/c1-11(2)8-12(10-13(3)9-11)6-4-5-7-14-12/h4-10H2,1-3H3. The molecule has 0 aromatic heterocycles. The van der Waals surface area contributed by atoms with Gasteiger partial charge in [-0.15, -0.1) is 0 Å². The Hall–Kier alpha value is -0.0800. The summed E-state index contributed by atoms with van der Waals surface area (Å²) >= 11 is 0. The van der Waals surface area contributed by atoms with Gasteiger partial charge >= 0.3 is 0 Å². The first-order valence-corrected chi connectivity index (χ1v) is 5.84. The molecule has 2 aliphatic rings. The van der Waals surface area contributed by atoms with Crippen LogP contribution in [-0.4, -0.2) is 37.2 Å². The van der Waals surface area contributed by atoms with E-state index in [4.69, 9.17) is 4.74 Å². The molecule has 0 aromatic carbocycles. The van der Waals surface area contributed by atoms with Crippen molar-refractivity contribution in [2.24, 2.45) is 5.41 Å². The maximum absolute atomic E-state index is 6.07. The van der Waals surface area contributed by atoms with Crippen LogP contribution in [0.3, 0.4) is 0 Å². The van der Waals surface area contributed by atoms with Gasteiger partial charge in [0.2, 0.25) is 0 Å². The number of hydrogen-bond donors (Lipinski definition) is 0. The predicted octanol–water partition coefficient (Wildman–Crippen LogP) is 2.29. The monoisotopic (exact) mass is 197 g/mol. The Bertz CT molecular complexity index is 206. The molecule has 0 aliphatic carbocycles. The lowest BCUT2D eigenvalue weighted by Gasteiger charge is -2.50. The van der Waals surface area contributed by atoms with Gasteiger partial charge in [-0.3, -0.25) is 0 Å². The second kappa shape index (κ2) is 3.49. The molecule has 0 bridgehead atoms. The zero-order valence-corrected chi connectivity index (χ0v) is 9.81. The largest absolute Gasteiger partial charge is 0.374 e. The van der Waals surface area contributed by atoms with E-state index >= 15 is 0 Å². The summed E-state index contributed by atoms with van der Waals surface area (Å²) in [6.07, 6.45) is 5.11. The minimum absolute atomic E-state index is 0.189. The van der Waals surface area contributed by atoms with E-state index in [-0.39, 0.29) is 5.60 Å². The lowest BCUT2D eigenvalue weighted by molar-refractivity contribution is -0.140. The minimum Gasteiger partial charge on any atom is -0.374 e. The fourth-order valence-corrected chi connectivity index (χ4v) is 3.44. The molecule has 1 atom stereocenters. The summed E-state index contributed by atoms with van der Waals surface area (Å²) in [5.41, 5.74) is 0.610. The topological polar surface area (TPSA) is 12.5 Å². The quantitative estimate of drug-likeness (QED) is 0.591. The molecule has 2 heteroatoms. The molecule has 0 aromatic rings. The Morgan fingerprint density at radius 1 is 1.14 bits per heavy atom. The van der Waals surface area contributed by atoms with E-state index in [1.54, 1.807) is 0 Å². The Morgan fingerprint density at radius 2 is 1.93 bits per heavy atom. The number of rotatable bonds is 0. The third-order valence-electron chi connectivity index (χ3n) is 3.49. The van der Waals surface area contributed by atoms with E-state index in [9.17, 15) is 0 Å². The molecule has 82 valence electrons. The Kier molecular flexibility index (Phi) is 2.61. The van der Waals surface area contributed by atoms with E-state index in [1.165, 1.54) is 32.2 Å². The van der Waals surface area contributed by atoms with Gasteiger partial charge in [-0.2, -0.15) is 0 Å². The fourth-order valence-electron chi connectivity index (χ4n) is 3.44. The number of ether oxygens (including phenoxy) is 1. The van der Waals surface area contributed by atoms with Crippen molar-refractivity contribution in [3.8, 4) is 0 Å². The van der Waals surface area contributed by atoms with Crippen molar-refractivity contribution in [1.82, 2.24) is 4.90 Å². The molecule has 2 rings (SSSR count). The van der Waals surface area contributed by atoms with Crippen LogP contribution in [0.2, 0.25) is 0 Å². The van der Waals surface area contributed by atoms with Gasteiger partial charge in [0.15, 0.2) is 0 Å². The van der Waals surface area contributed by atoms with Crippen LogP contribution in [0, 0.1) is 5.41 Å². The smallest absolute Gasteiger partial charge is 0.0814 e. The number of nitrogens with zero attached hydrogens (tertiary/aromatic N) is 1. The molecule has 0 amide bonds. The average molecular weight is 197 g/mol. The van der Waals surface area contributed by atoms with Crippen molar-refractivity contribution >= 4 is 0 Å². The molecule has 2 nitrogen and oxygen atoms in total. The summed E-state index contributed by atoms with van der Waals surface area (Å²) in [4.78, 5) is 2.44. The van der Waals surface area contributed by atoms with Crippen molar-refractivity contribution < 1.29 is 4.74 Å². The van der Waals surface area contributed by atoms with Crippen LogP contribution in [0.5, 0.6) is 0 Å².